The Morgan fingerprint density at radius 3 is 2.36 bits per heavy atom. The third kappa shape index (κ3) is 4.68. The number of rotatable bonds is 3. The van der Waals surface area contributed by atoms with Crippen molar-refractivity contribution in [3.05, 3.63) is 114 Å². The maximum absolute atomic E-state index is 4.82. The number of aryl methyl sites for hydroxylation is 2. The van der Waals surface area contributed by atoms with Crippen molar-refractivity contribution < 1.29 is 21.1 Å². The van der Waals surface area contributed by atoms with Crippen molar-refractivity contribution in [1.82, 2.24) is 24.1 Å². The summed E-state index contributed by atoms with van der Waals surface area (Å²) in [5.41, 5.74) is 7.54. The molecule has 0 atom stereocenters. The second-order valence-corrected chi connectivity index (χ2v) is 14.5. The number of fused-ring (bicyclic) bond motifs is 9. The van der Waals surface area contributed by atoms with Gasteiger partial charge in [-0.15, -0.1) is 0 Å². The zero-order chi connectivity index (χ0) is 29.5. The van der Waals surface area contributed by atoms with E-state index in [4.69, 9.17) is 15.1 Å². The van der Waals surface area contributed by atoms with Gasteiger partial charge in [0.25, 0.3) is 0 Å². The summed E-state index contributed by atoms with van der Waals surface area (Å²) in [4.78, 5) is 9.59. The molecule has 8 aromatic rings. The number of nitrogens with zero attached hydrogens (tertiary/aromatic N) is 5. The van der Waals surface area contributed by atoms with E-state index >= 15 is 0 Å². The molecule has 0 bridgehead atoms. The average Bonchev–Trinajstić information content (AvgIpc) is 3.54. The van der Waals surface area contributed by atoms with Gasteiger partial charge in [-0.2, -0.15) is 0 Å². The number of benzene rings is 4. The Labute approximate surface area is 276 Å². The molecule has 4 heterocycles. The van der Waals surface area contributed by atoms with E-state index in [1.165, 1.54) is 21.9 Å². The molecule has 0 saturated heterocycles. The first-order valence-electron chi connectivity index (χ1n) is 14.5. The Kier molecular flexibility index (Phi) is 7.01. The smallest absolute Gasteiger partial charge is 2.00 e. The molecule has 0 radical (unpaired) electrons. The molecule has 4 aromatic carbocycles. The van der Waals surface area contributed by atoms with Gasteiger partial charge in [0, 0.05) is 0 Å². The van der Waals surface area contributed by atoms with Gasteiger partial charge in [-0.25, -0.2) is 0 Å². The molecule has 0 aliphatic carbocycles. The quantitative estimate of drug-likeness (QED) is 0.114. The van der Waals surface area contributed by atoms with Crippen LogP contribution in [0.2, 0.25) is 0 Å². The van der Waals surface area contributed by atoms with Gasteiger partial charge >= 0.3 is 278 Å². The van der Waals surface area contributed by atoms with Crippen LogP contribution in [-0.4, -0.2) is 39.1 Å². The van der Waals surface area contributed by atoms with Crippen molar-refractivity contribution >= 4 is 73.1 Å². The van der Waals surface area contributed by atoms with Crippen LogP contribution in [0.1, 0.15) is 37.7 Å². The molecule has 8 rings (SSSR count). The number of hydrogen-bond donors (Lipinski definition) is 0. The van der Waals surface area contributed by atoms with Crippen LogP contribution >= 0.6 is 0 Å². The van der Waals surface area contributed by atoms with Crippen LogP contribution in [0.25, 0.3) is 54.9 Å². The van der Waals surface area contributed by atoms with E-state index < -0.39 is 0 Å². The summed E-state index contributed by atoms with van der Waals surface area (Å²) in [6, 6.07) is 35.8. The molecule has 218 valence electrons. The number of pyridine rings is 2. The Hall–Kier alpha value is -3.82. The largest absolute Gasteiger partial charge is 2.00 e. The Morgan fingerprint density at radius 1 is 0.727 bits per heavy atom. The van der Waals surface area contributed by atoms with Gasteiger partial charge in [0.1, 0.15) is 0 Å². The first-order chi connectivity index (χ1) is 20.7. The minimum Gasteiger partial charge on any atom is 2.00 e. The summed E-state index contributed by atoms with van der Waals surface area (Å²) in [6.45, 7) is 10.8. The standard InChI is InChI=1S/C37H29N5Se.Pt/c1-22-11-14-30-31(18-22)28-15-13-27(21-34(28)42-36(30)39-23(2)40-42)43-26-9-6-8-25(20-26)41-33-16-12-24(37(3,4)5)19-32(33)29-10-7-17-38-35(29)41;/h6-19H,1-5H3;/q-2;+2. The Morgan fingerprint density at radius 2 is 1.52 bits per heavy atom. The average molecular weight is 818 g/mol. The van der Waals surface area contributed by atoms with Crippen molar-refractivity contribution in [3.63, 3.8) is 0 Å². The molecule has 0 unspecified atom stereocenters. The van der Waals surface area contributed by atoms with Crippen molar-refractivity contribution in [2.24, 2.45) is 0 Å². The molecular weight excluding hydrogens is 788 g/mol. The molecular formula is C37H29N5PtSe. The van der Waals surface area contributed by atoms with Gasteiger partial charge in [0.15, 0.2) is 0 Å². The molecule has 0 saturated carbocycles. The summed E-state index contributed by atoms with van der Waals surface area (Å²) in [7, 11) is 0. The van der Waals surface area contributed by atoms with E-state index in [0.717, 1.165) is 58.9 Å². The van der Waals surface area contributed by atoms with Crippen molar-refractivity contribution in [2.45, 2.75) is 40.0 Å². The normalized spacial score (nSPS) is 12.1. The second kappa shape index (κ2) is 10.7. The Balaban J connectivity index is 0.00000312. The van der Waals surface area contributed by atoms with Gasteiger partial charge in [0.05, 0.1) is 0 Å². The van der Waals surface area contributed by atoms with E-state index in [9.17, 15) is 0 Å². The maximum Gasteiger partial charge on any atom is 2.00 e. The zero-order valence-electron chi connectivity index (χ0n) is 25.0. The zero-order valence-corrected chi connectivity index (χ0v) is 29.0. The van der Waals surface area contributed by atoms with Crippen LogP contribution in [-0.2, 0) is 26.5 Å². The molecule has 0 fully saturated rings. The monoisotopic (exact) mass is 818 g/mol. The van der Waals surface area contributed by atoms with Crippen LogP contribution in [0.5, 0.6) is 0 Å². The van der Waals surface area contributed by atoms with Crippen molar-refractivity contribution in [1.29, 1.82) is 0 Å². The third-order valence-corrected chi connectivity index (χ3v) is 10.1. The fraction of sp³-hybridized carbons (Fsp3) is 0.162. The fourth-order valence-corrected chi connectivity index (χ4v) is 7.76. The minimum atomic E-state index is -0.0146. The summed E-state index contributed by atoms with van der Waals surface area (Å²) >= 11 is -0.0146. The summed E-state index contributed by atoms with van der Waals surface area (Å²) in [6.07, 6.45) is 1.87. The first kappa shape index (κ1) is 28.9. The second-order valence-electron chi connectivity index (χ2n) is 12.2. The Bertz CT molecular complexity index is 2400. The maximum atomic E-state index is 4.82. The van der Waals surface area contributed by atoms with Gasteiger partial charge in [0.2, 0.25) is 0 Å². The molecule has 5 nitrogen and oxygen atoms in total. The van der Waals surface area contributed by atoms with Gasteiger partial charge in [-0.3, -0.25) is 0 Å². The molecule has 44 heavy (non-hydrogen) atoms. The van der Waals surface area contributed by atoms with Crippen LogP contribution in [0.3, 0.4) is 0 Å². The van der Waals surface area contributed by atoms with E-state index in [1.807, 2.05) is 23.7 Å². The van der Waals surface area contributed by atoms with Gasteiger partial charge < -0.3 is 0 Å². The summed E-state index contributed by atoms with van der Waals surface area (Å²) in [5.74, 6) is 0.758. The van der Waals surface area contributed by atoms with Crippen molar-refractivity contribution in [2.75, 3.05) is 0 Å². The number of hydrogen-bond acceptors (Lipinski definition) is 3. The van der Waals surface area contributed by atoms with E-state index in [-0.39, 0.29) is 41.4 Å². The summed E-state index contributed by atoms with van der Waals surface area (Å²) in [5, 5.41) is 10.6. The van der Waals surface area contributed by atoms with Crippen LogP contribution < -0.4 is 8.92 Å². The third-order valence-electron chi connectivity index (χ3n) is 8.14. The topological polar surface area (TPSA) is 48.0 Å². The van der Waals surface area contributed by atoms with E-state index in [2.05, 4.69) is 117 Å². The first-order valence-corrected chi connectivity index (χ1v) is 16.2. The molecule has 0 amide bonds. The van der Waals surface area contributed by atoms with Crippen molar-refractivity contribution in [3.8, 4) is 5.69 Å². The molecule has 0 aliphatic rings. The van der Waals surface area contributed by atoms with E-state index in [0.29, 0.717) is 0 Å². The number of aromatic nitrogens is 5. The van der Waals surface area contributed by atoms with Crippen LogP contribution in [0.4, 0.5) is 0 Å². The van der Waals surface area contributed by atoms with Crippen LogP contribution in [0.15, 0.2) is 85.1 Å². The fourth-order valence-electron chi connectivity index (χ4n) is 6.03. The van der Waals surface area contributed by atoms with Gasteiger partial charge in [-0.1, -0.05) is 0 Å². The molecule has 0 spiro atoms. The van der Waals surface area contributed by atoms with Crippen LogP contribution in [0, 0.1) is 26.0 Å². The van der Waals surface area contributed by atoms with Gasteiger partial charge in [-0.05, 0) is 0 Å². The molecule has 4 aromatic heterocycles. The predicted octanol–water partition coefficient (Wildman–Crippen LogP) is 6.70. The molecule has 0 N–H and O–H groups in total. The van der Waals surface area contributed by atoms with E-state index in [1.54, 1.807) is 0 Å². The molecule has 7 heteroatoms. The SMILES string of the molecule is Cc1ccc2c(c1)c1ccc([Se]c3[c-]c(-n4c5ccc(C(C)(C)C)cc5c5cccnc54)ccc3)[c-]c1n1nc(C)nc21.[Pt+2]. The minimum absolute atomic E-state index is 0. The summed E-state index contributed by atoms with van der Waals surface area (Å²) < 4.78 is 6.50. The predicted molar refractivity (Wildman–Crippen MR) is 177 cm³/mol. The molecule has 0 aliphatic heterocycles.